The maximum absolute atomic E-state index is 6.41. The number of methoxy groups -OCH3 is 1. The molecule has 1 aliphatic carbocycles. The molecule has 2 aromatic rings. The van der Waals surface area contributed by atoms with Gasteiger partial charge in [-0.15, -0.1) is 0 Å². The number of hydrogen-bond donors (Lipinski definition) is 1. The van der Waals surface area contributed by atoms with Crippen molar-refractivity contribution in [2.24, 2.45) is 5.92 Å². The summed E-state index contributed by atoms with van der Waals surface area (Å²) in [6.07, 6.45) is 7.84. The molecule has 0 radical (unpaired) electrons. The van der Waals surface area contributed by atoms with Crippen molar-refractivity contribution < 1.29 is 4.74 Å². The van der Waals surface area contributed by atoms with Crippen molar-refractivity contribution in [3.63, 3.8) is 0 Å². The van der Waals surface area contributed by atoms with E-state index in [2.05, 4.69) is 21.2 Å². The first kappa shape index (κ1) is 16.0. The molecular weight excluding hydrogens is 322 g/mol. The van der Waals surface area contributed by atoms with Crippen LogP contribution in [0, 0.1) is 5.92 Å². The van der Waals surface area contributed by atoms with Crippen molar-refractivity contribution in [3.8, 4) is 5.75 Å². The molecule has 1 N–H and O–H groups in total. The lowest BCUT2D eigenvalue weighted by Crippen LogP contribution is -2.37. The highest BCUT2D eigenvalue weighted by molar-refractivity contribution is 6.31. The van der Waals surface area contributed by atoms with Crippen LogP contribution in [-0.2, 0) is 19.3 Å². The van der Waals surface area contributed by atoms with Crippen molar-refractivity contribution in [2.75, 3.05) is 20.2 Å². The summed E-state index contributed by atoms with van der Waals surface area (Å²) in [6, 6.07) is 6.72. The lowest BCUT2D eigenvalue weighted by atomic mass is 9.92. The lowest BCUT2D eigenvalue weighted by Gasteiger charge is -2.31. The molecule has 2 heterocycles. The Kier molecular flexibility index (Phi) is 4.51. The molecule has 1 aliphatic heterocycles. The number of H-pyrrole nitrogens is 1. The standard InChI is InChI=1S/C19H24ClN3O/c1-24-17-4-2-14(18(20)10-17)8-13-6-7-23(12-13)16-3-5-19-15(9-16)11-21-22-19/h2,4,10-11,13,16H,3,5-9,12H2,1H3,(H,21,22). The van der Waals surface area contributed by atoms with E-state index in [0.29, 0.717) is 12.0 Å². The molecule has 1 saturated heterocycles. The molecule has 0 spiro atoms. The molecule has 128 valence electrons. The van der Waals surface area contributed by atoms with E-state index in [1.165, 1.54) is 42.8 Å². The first-order valence-electron chi connectivity index (χ1n) is 8.80. The van der Waals surface area contributed by atoms with Crippen LogP contribution in [-0.4, -0.2) is 41.3 Å². The van der Waals surface area contributed by atoms with E-state index in [9.17, 15) is 0 Å². The zero-order chi connectivity index (χ0) is 16.5. The number of benzene rings is 1. The highest BCUT2D eigenvalue weighted by Crippen LogP contribution is 2.31. The molecule has 0 saturated carbocycles. The second kappa shape index (κ2) is 6.77. The van der Waals surface area contributed by atoms with E-state index in [4.69, 9.17) is 16.3 Å². The number of nitrogens with zero attached hydrogens (tertiary/aromatic N) is 2. The van der Waals surface area contributed by atoms with Crippen molar-refractivity contribution >= 4 is 11.6 Å². The fourth-order valence-electron chi connectivity index (χ4n) is 4.20. The molecule has 1 aromatic carbocycles. The summed E-state index contributed by atoms with van der Waals surface area (Å²) in [5, 5.41) is 8.15. The third-order valence-corrected chi connectivity index (χ3v) is 5.94. The molecule has 24 heavy (non-hydrogen) atoms. The third-order valence-electron chi connectivity index (χ3n) is 5.59. The van der Waals surface area contributed by atoms with E-state index in [-0.39, 0.29) is 0 Å². The molecule has 2 unspecified atom stereocenters. The van der Waals surface area contributed by atoms with Gasteiger partial charge in [-0.2, -0.15) is 5.10 Å². The Hall–Kier alpha value is -1.52. The largest absolute Gasteiger partial charge is 0.497 e. The highest BCUT2D eigenvalue weighted by atomic mass is 35.5. The SMILES string of the molecule is COc1ccc(CC2CCN(C3CCc4[nH]ncc4C3)C2)c(Cl)c1. The first-order valence-corrected chi connectivity index (χ1v) is 9.18. The van der Waals surface area contributed by atoms with Crippen molar-refractivity contribution in [3.05, 3.63) is 46.2 Å². The fraction of sp³-hybridized carbons (Fsp3) is 0.526. The van der Waals surface area contributed by atoms with E-state index < -0.39 is 0 Å². The van der Waals surface area contributed by atoms with Crippen LogP contribution in [0.1, 0.15) is 29.7 Å². The van der Waals surface area contributed by atoms with Crippen LogP contribution in [0.4, 0.5) is 0 Å². The molecule has 5 heteroatoms. The van der Waals surface area contributed by atoms with Gasteiger partial charge in [-0.25, -0.2) is 0 Å². The van der Waals surface area contributed by atoms with E-state index >= 15 is 0 Å². The summed E-state index contributed by atoms with van der Waals surface area (Å²) in [5.74, 6) is 1.52. The van der Waals surface area contributed by atoms with Gasteiger partial charge in [0.05, 0.1) is 13.3 Å². The van der Waals surface area contributed by atoms with E-state index in [1.807, 2.05) is 18.3 Å². The second-order valence-electron chi connectivity index (χ2n) is 7.08. The number of aromatic amines is 1. The molecule has 0 amide bonds. The Bertz CT molecular complexity index is 714. The van der Waals surface area contributed by atoms with Crippen LogP contribution < -0.4 is 4.74 Å². The van der Waals surface area contributed by atoms with Crippen molar-refractivity contribution in [2.45, 2.75) is 38.1 Å². The number of halogens is 1. The van der Waals surface area contributed by atoms with Gasteiger partial charge >= 0.3 is 0 Å². The van der Waals surface area contributed by atoms with Gasteiger partial charge in [-0.05, 0) is 67.8 Å². The minimum absolute atomic E-state index is 0.673. The zero-order valence-corrected chi connectivity index (χ0v) is 14.9. The van der Waals surface area contributed by atoms with Crippen LogP contribution in [0.25, 0.3) is 0 Å². The summed E-state index contributed by atoms with van der Waals surface area (Å²) >= 11 is 6.41. The molecule has 1 aromatic heterocycles. The number of ether oxygens (including phenoxy) is 1. The number of aryl methyl sites for hydroxylation is 1. The van der Waals surface area contributed by atoms with Gasteiger partial charge in [0, 0.05) is 23.3 Å². The van der Waals surface area contributed by atoms with Crippen LogP contribution in [0.15, 0.2) is 24.4 Å². The second-order valence-corrected chi connectivity index (χ2v) is 7.49. The molecule has 0 bridgehead atoms. The summed E-state index contributed by atoms with van der Waals surface area (Å²) in [4.78, 5) is 2.68. The normalized spacial score (nSPS) is 24.1. The monoisotopic (exact) mass is 345 g/mol. The Labute approximate surface area is 148 Å². The fourth-order valence-corrected chi connectivity index (χ4v) is 4.45. The van der Waals surface area contributed by atoms with Gasteiger partial charge in [-0.3, -0.25) is 10.00 Å². The first-order chi connectivity index (χ1) is 11.7. The van der Waals surface area contributed by atoms with Crippen LogP contribution in [0.5, 0.6) is 5.75 Å². The molecule has 2 aliphatic rings. The number of rotatable bonds is 4. The quantitative estimate of drug-likeness (QED) is 0.922. The maximum atomic E-state index is 6.41. The minimum atomic E-state index is 0.673. The summed E-state index contributed by atoms with van der Waals surface area (Å²) in [5.41, 5.74) is 3.99. The van der Waals surface area contributed by atoms with Gasteiger partial charge in [0.25, 0.3) is 0 Å². The molecule has 2 atom stereocenters. The Morgan fingerprint density at radius 2 is 2.29 bits per heavy atom. The average Bonchev–Trinajstić information content (AvgIpc) is 3.25. The molecule has 1 fully saturated rings. The Morgan fingerprint density at radius 1 is 1.38 bits per heavy atom. The van der Waals surface area contributed by atoms with E-state index in [0.717, 1.165) is 30.0 Å². The van der Waals surface area contributed by atoms with Gasteiger partial charge < -0.3 is 4.74 Å². The Morgan fingerprint density at radius 3 is 3.12 bits per heavy atom. The third kappa shape index (κ3) is 3.17. The van der Waals surface area contributed by atoms with Gasteiger partial charge in [-0.1, -0.05) is 17.7 Å². The molecule has 4 rings (SSSR count). The molecular formula is C19H24ClN3O. The van der Waals surface area contributed by atoms with Crippen molar-refractivity contribution in [1.82, 2.24) is 15.1 Å². The highest BCUT2D eigenvalue weighted by Gasteiger charge is 2.31. The van der Waals surface area contributed by atoms with E-state index in [1.54, 1.807) is 7.11 Å². The number of aromatic nitrogens is 2. The van der Waals surface area contributed by atoms with Gasteiger partial charge in [0.1, 0.15) is 5.75 Å². The number of likely N-dealkylation sites (tertiary alicyclic amines) is 1. The van der Waals surface area contributed by atoms with Crippen molar-refractivity contribution in [1.29, 1.82) is 0 Å². The number of hydrogen-bond acceptors (Lipinski definition) is 3. The lowest BCUT2D eigenvalue weighted by molar-refractivity contribution is 0.213. The predicted molar refractivity (Wildman–Crippen MR) is 95.8 cm³/mol. The number of fused-ring (bicyclic) bond motifs is 1. The van der Waals surface area contributed by atoms with Crippen LogP contribution >= 0.6 is 11.6 Å². The van der Waals surface area contributed by atoms with Gasteiger partial charge in [0.2, 0.25) is 0 Å². The maximum Gasteiger partial charge on any atom is 0.120 e. The minimum Gasteiger partial charge on any atom is -0.497 e. The molecule has 4 nitrogen and oxygen atoms in total. The predicted octanol–water partition coefficient (Wildman–Crippen LogP) is 3.49. The average molecular weight is 346 g/mol. The van der Waals surface area contributed by atoms with Crippen LogP contribution in [0.3, 0.4) is 0 Å². The Balaban J connectivity index is 1.37. The zero-order valence-electron chi connectivity index (χ0n) is 14.1. The topological polar surface area (TPSA) is 41.1 Å². The number of nitrogens with one attached hydrogen (secondary N) is 1. The summed E-state index contributed by atoms with van der Waals surface area (Å²) in [7, 11) is 1.68. The smallest absolute Gasteiger partial charge is 0.120 e. The van der Waals surface area contributed by atoms with Crippen LogP contribution in [0.2, 0.25) is 5.02 Å². The summed E-state index contributed by atoms with van der Waals surface area (Å²) in [6.45, 7) is 2.39. The summed E-state index contributed by atoms with van der Waals surface area (Å²) < 4.78 is 5.24. The van der Waals surface area contributed by atoms with Gasteiger partial charge in [0.15, 0.2) is 0 Å².